The normalized spacial score (nSPS) is 10.9. The quantitative estimate of drug-likeness (QED) is 0.469. The molecular formula is C24H21N5O2. The van der Waals surface area contributed by atoms with Crippen molar-refractivity contribution in [2.45, 2.75) is 6.54 Å². The van der Waals surface area contributed by atoms with Crippen molar-refractivity contribution in [3.63, 3.8) is 0 Å². The molecule has 4 rings (SSSR count). The molecule has 0 saturated carbocycles. The number of aromatic nitrogens is 4. The van der Waals surface area contributed by atoms with Crippen molar-refractivity contribution < 1.29 is 9.53 Å². The van der Waals surface area contributed by atoms with Crippen LogP contribution in [0.1, 0.15) is 11.1 Å². The highest BCUT2D eigenvalue weighted by molar-refractivity contribution is 5.92. The van der Waals surface area contributed by atoms with Crippen molar-refractivity contribution in [3.8, 4) is 22.8 Å². The van der Waals surface area contributed by atoms with E-state index in [0.717, 1.165) is 28.1 Å². The van der Waals surface area contributed by atoms with E-state index >= 15 is 0 Å². The highest BCUT2D eigenvalue weighted by Gasteiger charge is 2.11. The van der Waals surface area contributed by atoms with Crippen LogP contribution in [-0.2, 0) is 11.3 Å². The molecule has 0 bridgehead atoms. The van der Waals surface area contributed by atoms with Crippen LogP contribution >= 0.6 is 0 Å². The number of carbonyl (C=O) groups excluding carboxylic acids is 1. The number of nitrogens with one attached hydrogen (secondary N) is 1. The second-order valence-corrected chi connectivity index (χ2v) is 6.71. The third-order valence-corrected chi connectivity index (χ3v) is 4.59. The predicted molar refractivity (Wildman–Crippen MR) is 118 cm³/mol. The topological polar surface area (TPSA) is 81.9 Å². The molecule has 0 unspecified atom stereocenters. The average molecular weight is 411 g/mol. The van der Waals surface area contributed by atoms with Crippen LogP contribution in [0.4, 0.5) is 0 Å². The van der Waals surface area contributed by atoms with Crippen LogP contribution < -0.4 is 10.1 Å². The maximum atomic E-state index is 12.4. The number of pyridine rings is 2. The number of rotatable bonds is 7. The Morgan fingerprint density at radius 2 is 1.97 bits per heavy atom. The van der Waals surface area contributed by atoms with Crippen LogP contribution in [0.15, 0.2) is 85.5 Å². The van der Waals surface area contributed by atoms with E-state index in [1.54, 1.807) is 42.5 Å². The molecule has 31 heavy (non-hydrogen) atoms. The first-order chi connectivity index (χ1) is 15.2. The summed E-state index contributed by atoms with van der Waals surface area (Å²) in [7, 11) is 1.56. The van der Waals surface area contributed by atoms with Crippen molar-refractivity contribution in [2.24, 2.45) is 0 Å². The van der Waals surface area contributed by atoms with Gasteiger partial charge in [0, 0.05) is 54.6 Å². The zero-order chi connectivity index (χ0) is 21.5. The number of hydrogen-bond acceptors (Lipinski definition) is 5. The highest BCUT2D eigenvalue weighted by atomic mass is 16.5. The Bertz CT molecular complexity index is 1170. The predicted octanol–water partition coefficient (Wildman–Crippen LogP) is 3.67. The van der Waals surface area contributed by atoms with Crippen molar-refractivity contribution in [3.05, 3.63) is 96.6 Å². The van der Waals surface area contributed by atoms with E-state index in [9.17, 15) is 4.79 Å². The molecule has 0 radical (unpaired) electrons. The molecule has 7 heteroatoms. The number of carbonyl (C=O) groups is 1. The molecule has 0 fully saturated rings. The van der Waals surface area contributed by atoms with Crippen molar-refractivity contribution >= 4 is 12.0 Å². The van der Waals surface area contributed by atoms with Gasteiger partial charge in [0.25, 0.3) is 0 Å². The molecule has 1 N–H and O–H groups in total. The molecule has 0 aliphatic rings. The number of ether oxygens (including phenoxy) is 1. The van der Waals surface area contributed by atoms with Gasteiger partial charge in [0.05, 0.1) is 12.8 Å². The Morgan fingerprint density at radius 3 is 2.68 bits per heavy atom. The summed E-state index contributed by atoms with van der Waals surface area (Å²) < 4.78 is 6.84. The summed E-state index contributed by atoms with van der Waals surface area (Å²) in [6.45, 7) is 0.374. The molecule has 0 atom stereocenters. The van der Waals surface area contributed by atoms with Crippen LogP contribution in [0.5, 0.6) is 5.88 Å². The Kier molecular flexibility index (Phi) is 6.13. The fraction of sp³-hybridized carbons (Fsp3) is 0.0833. The van der Waals surface area contributed by atoms with Crippen LogP contribution in [0.2, 0.25) is 0 Å². The molecular weight excluding hydrogens is 390 g/mol. The van der Waals surface area contributed by atoms with Gasteiger partial charge in [-0.15, -0.1) is 0 Å². The minimum Gasteiger partial charge on any atom is -0.481 e. The van der Waals surface area contributed by atoms with Crippen LogP contribution in [0.3, 0.4) is 0 Å². The van der Waals surface area contributed by atoms with Gasteiger partial charge in [0.2, 0.25) is 11.8 Å². The summed E-state index contributed by atoms with van der Waals surface area (Å²) in [4.78, 5) is 20.7. The van der Waals surface area contributed by atoms with Gasteiger partial charge >= 0.3 is 0 Å². The standard InChI is InChI=1S/C24H21N5O2/c1-31-23-12-9-18(15-27-23)14-26-22(30)11-10-20-17-29(21-7-3-2-4-8-21)28-24(20)19-6-5-13-25-16-19/h2-13,15-17H,14H2,1H3,(H,26,30)/b11-10+. The zero-order valence-corrected chi connectivity index (χ0v) is 17.0. The number of nitrogens with zero attached hydrogens (tertiary/aromatic N) is 4. The molecule has 7 nitrogen and oxygen atoms in total. The van der Waals surface area contributed by atoms with Gasteiger partial charge in [0.15, 0.2) is 0 Å². The van der Waals surface area contributed by atoms with Crippen molar-refractivity contribution in [1.29, 1.82) is 0 Å². The lowest BCUT2D eigenvalue weighted by Crippen LogP contribution is -2.20. The second kappa shape index (κ2) is 9.49. The Morgan fingerprint density at radius 1 is 1.10 bits per heavy atom. The van der Waals surface area contributed by atoms with E-state index in [2.05, 4.69) is 15.3 Å². The molecule has 0 aliphatic heterocycles. The fourth-order valence-electron chi connectivity index (χ4n) is 3.00. The molecule has 0 saturated heterocycles. The third-order valence-electron chi connectivity index (χ3n) is 4.59. The van der Waals surface area contributed by atoms with Gasteiger partial charge < -0.3 is 10.1 Å². The lowest BCUT2D eigenvalue weighted by Gasteiger charge is -2.03. The van der Waals surface area contributed by atoms with Crippen LogP contribution in [0, 0.1) is 0 Å². The van der Waals surface area contributed by atoms with Crippen LogP contribution in [0.25, 0.3) is 23.0 Å². The van der Waals surface area contributed by atoms with Gasteiger partial charge in [-0.3, -0.25) is 9.78 Å². The highest BCUT2D eigenvalue weighted by Crippen LogP contribution is 2.24. The molecule has 3 heterocycles. The van der Waals surface area contributed by atoms with E-state index in [-0.39, 0.29) is 5.91 Å². The fourth-order valence-corrected chi connectivity index (χ4v) is 3.00. The molecule has 3 aromatic heterocycles. The Labute approximate surface area is 180 Å². The van der Waals surface area contributed by atoms with Gasteiger partial charge in [-0.25, -0.2) is 9.67 Å². The molecule has 1 amide bonds. The SMILES string of the molecule is COc1ccc(CNC(=O)/C=C/c2cn(-c3ccccc3)nc2-c2cccnc2)cn1. The summed E-state index contributed by atoms with van der Waals surface area (Å²) in [6.07, 6.45) is 10.3. The summed E-state index contributed by atoms with van der Waals surface area (Å²) in [6, 6.07) is 17.2. The molecule has 1 aromatic carbocycles. The van der Waals surface area contributed by atoms with Gasteiger partial charge in [-0.05, 0) is 35.9 Å². The maximum Gasteiger partial charge on any atom is 0.244 e. The van der Waals surface area contributed by atoms with E-state index in [1.165, 1.54) is 6.08 Å². The lowest BCUT2D eigenvalue weighted by atomic mass is 10.1. The summed E-state index contributed by atoms with van der Waals surface area (Å²) in [5, 5.41) is 7.57. The number of benzene rings is 1. The van der Waals surface area contributed by atoms with Crippen LogP contribution in [-0.4, -0.2) is 32.8 Å². The van der Waals surface area contributed by atoms with Gasteiger partial charge in [-0.1, -0.05) is 24.3 Å². The minimum absolute atomic E-state index is 0.208. The number of para-hydroxylation sites is 1. The summed E-state index contributed by atoms with van der Waals surface area (Å²) in [5.41, 5.74) is 4.26. The summed E-state index contributed by atoms with van der Waals surface area (Å²) >= 11 is 0. The van der Waals surface area contributed by atoms with Gasteiger partial charge in [-0.2, -0.15) is 5.10 Å². The zero-order valence-electron chi connectivity index (χ0n) is 17.0. The third kappa shape index (κ3) is 5.02. The van der Waals surface area contributed by atoms with Crippen molar-refractivity contribution in [1.82, 2.24) is 25.1 Å². The number of methoxy groups -OCH3 is 1. The average Bonchev–Trinajstić information content (AvgIpc) is 3.27. The Hall–Kier alpha value is -4.26. The first-order valence-corrected chi connectivity index (χ1v) is 9.73. The second-order valence-electron chi connectivity index (χ2n) is 6.71. The van der Waals surface area contributed by atoms with Gasteiger partial charge in [0.1, 0.15) is 5.69 Å². The minimum atomic E-state index is -0.208. The lowest BCUT2D eigenvalue weighted by molar-refractivity contribution is -0.116. The molecule has 0 spiro atoms. The monoisotopic (exact) mass is 411 g/mol. The first kappa shape index (κ1) is 20.0. The van der Waals surface area contributed by atoms with Crippen molar-refractivity contribution in [2.75, 3.05) is 7.11 Å². The largest absolute Gasteiger partial charge is 0.481 e. The van der Waals surface area contributed by atoms with E-state index in [1.807, 2.05) is 54.7 Å². The molecule has 4 aromatic rings. The number of amides is 1. The van der Waals surface area contributed by atoms with E-state index < -0.39 is 0 Å². The Balaban J connectivity index is 1.52. The number of hydrogen-bond donors (Lipinski definition) is 1. The first-order valence-electron chi connectivity index (χ1n) is 9.73. The smallest absolute Gasteiger partial charge is 0.244 e. The van der Waals surface area contributed by atoms with E-state index in [4.69, 9.17) is 9.84 Å². The molecule has 154 valence electrons. The summed E-state index contributed by atoms with van der Waals surface area (Å²) in [5.74, 6) is 0.328. The molecule has 0 aliphatic carbocycles. The maximum absolute atomic E-state index is 12.4. The van der Waals surface area contributed by atoms with E-state index in [0.29, 0.717) is 12.4 Å².